The van der Waals surface area contributed by atoms with Gasteiger partial charge in [0.2, 0.25) is 11.7 Å². The Hall–Kier alpha value is -3.95. The molecule has 3 aromatic rings. The van der Waals surface area contributed by atoms with Crippen LogP contribution in [0.2, 0.25) is 0 Å². The molecule has 2 heterocycles. The van der Waals surface area contributed by atoms with E-state index in [0.717, 1.165) is 12.0 Å². The summed E-state index contributed by atoms with van der Waals surface area (Å²) in [4.78, 5) is 39.3. The second kappa shape index (κ2) is 10.0. The molecular weight excluding hydrogens is 392 g/mol. The minimum Gasteiger partial charge on any atom is -0.459 e. The molecule has 0 fully saturated rings. The van der Waals surface area contributed by atoms with Gasteiger partial charge in [-0.1, -0.05) is 36.3 Å². The summed E-state index contributed by atoms with van der Waals surface area (Å²) in [5.74, 6) is -1.16. The van der Waals surface area contributed by atoms with Crippen LogP contribution in [0.25, 0.3) is 11.4 Å². The van der Waals surface area contributed by atoms with Crippen LogP contribution in [0.4, 0.5) is 0 Å². The molecule has 2 aromatic heterocycles. The van der Waals surface area contributed by atoms with Crippen LogP contribution in [0.15, 0.2) is 51.6 Å². The number of amides is 2. The molecule has 10 nitrogen and oxygen atoms in total. The third-order valence-corrected chi connectivity index (χ3v) is 4.03. The standard InChI is InChI=1S/C20H20N4O6/c1-2-13-5-7-14(8-6-13)19-23-17(30-24-19)12-29-18(26)11-21-16(25)10-22-20(27)15-4-3-9-28-15/h3-9H,2,10-12H2,1H3,(H,21,25)(H,22,27). The molecule has 0 aliphatic carbocycles. The Morgan fingerprint density at radius 3 is 2.57 bits per heavy atom. The largest absolute Gasteiger partial charge is 0.459 e. The van der Waals surface area contributed by atoms with Gasteiger partial charge in [-0.15, -0.1) is 0 Å². The van der Waals surface area contributed by atoms with Gasteiger partial charge in [0.05, 0.1) is 12.8 Å². The maximum absolute atomic E-state index is 11.8. The number of carbonyl (C=O) groups excluding carboxylic acids is 3. The van der Waals surface area contributed by atoms with Gasteiger partial charge < -0.3 is 24.3 Å². The highest BCUT2D eigenvalue weighted by molar-refractivity contribution is 5.94. The van der Waals surface area contributed by atoms with Gasteiger partial charge in [-0.25, -0.2) is 0 Å². The molecule has 30 heavy (non-hydrogen) atoms. The van der Waals surface area contributed by atoms with Gasteiger partial charge in [0.15, 0.2) is 12.4 Å². The zero-order valence-corrected chi connectivity index (χ0v) is 16.2. The van der Waals surface area contributed by atoms with Gasteiger partial charge in [-0.2, -0.15) is 4.98 Å². The van der Waals surface area contributed by atoms with E-state index in [1.807, 2.05) is 24.3 Å². The minimum atomic E-state index is -0.687. The number of rotatable bonds is 9. The summed E-state index contributed by atoms with van der Waals surface area (Å²) in [6.07, 6.45) is 2.28. The number of esters is 1. The summed E-state index contributed by atoms with van der Waals surface area (Å²) in [5.41, 5.74) is 1.98. The number of aryl methyl sites for hydroxylation is 1. The molecular formula is C20H20N4O6. The third-order valence-electron chi connectivity index (χ3n) is 4.03. The number of hydrogen-bond acceptors (Lipinski definition) is 8. The summed E-state index contributed by atoms with van der Waals surface area (Å²) in [5, 5.41) is 8.56. The molecule has 2 N–H and O–H groups in total. The predicted molar refractivity (Wildman–Crippen MR) is 103 cm³/mol. The van der Waals surface area contributed by atoms with Gasteiger partial charge in [-0.05, 0) is 24.1 Å². The number of ether oxygens (including phenoxy) is 1. The van der Waals surface area contributed by atoms with Crippen molar-refractivity contribution in [1.82, 2.24) is 20.8 Å². The summed E-state index contributed by atoms with van der Waals surface area (Å²) >= 11 is 0. The Balaban J connectivity index is 1.37. The van der Waals surface area contributed by atoms with Gasteiger partial charge in [0.25, 0.3) is 11.8 Å². The lowest BCUT2D eigenvalue weighted by atomic mass is 10.1. The first-order valence-electron chi connectivity index (χ1n) is 9.21. The Labute approximate surface area is 171 Å². The maximum atomic E-state index is 11.8. The van der Waals surface area contributed by atoms with Gasteiger partial charge in [-0.3, -0.25) is 14.4 Å². The van der Waals surface area contributed by atoms with Crippen molar-refractivity contribution in [2.45, 2.75) is 20.0 Å². The van der Waals surface area contributed by atoms with Crippen LogP contribution in [-0.4, -0.2) is 41.0 Å². The number of nitrogens with zero attached hydrogens (tertiary/aromatic N) is 2. The average molecular weight is 412 g/mol. The van der Waals surface area contributed by atoms with Crippen LogP contribution in [0, 0.1) is 0 Å². The smallest absolute Gasteiger partial charge is 0.325 e. The molecule has 0 saturated heterocycles. The van der Waals surface area contributed by atoms with Crippen LogP contribution >= 0.6 is 0 Å². The number of nitrogens with one attached hydrogen (secondary N) is 2. The molecule has 0 aliphatic heterocycles. The van der Waals surface area contributed by atoms with Crippen LogP contribution < -0.4 is 10.6 Å². The Kier molecular flexibility index (Phi) is 6.93. The molecule has 10 heteroatoms. The van der Waals surface area contributed by atoms with Crippen molar-refractivity contribution >= 4 is 17.8 Å². The Morgan fingerprint density at radius 1 is 1.07 bits per heavy atom. The molecule has 1 aromatic carbocycles. The number of carbonyl (C=O) groups is 3. The second-order valence-corrected chi connectivity index (χ2v) is 6.16. The normalized spacial score (nSPS) is 10.4. The van der Waals surface area contributed by atoms with Crippen molar-refractivity contribution in [2.24, 2.45) is 0 Å². The quantitative estimate of drug-likeness (QED) is 0.504. The molecule has 3 rings (SSSR count). The van der Waals surface area contributed by atoms with Crippen molar-refractivity contribution in [3.8, 4) is 11.4 Å². The zero-order valence-electron chi connectivity index (χ0n) is 16.2. The van der Waals surface area contributed by atoms with Gasteiger partial charge in [0, 0.05) is 5.56 Å². The van der Waals surface area contributed by atoms with E-state index in [1.54, 1.807) is 6.07 Å². The lowest BCUT2D eigenvalue weighted by Crippen LogP contribution is -2.39. The number of furan rings is 1. The fourth-order valence-electron chi connectivity index (χ4n) is 2.40. The average Bonchev–Trinajstić information content (AvgIpc) is 3.47. The molecule has 156 valence electrons. The summed E-state index contributed by atoms with van der Waals surface area (Å²) < 4.78 is 15.0. The van der Waals surface area contributed by atoms with E-state index >= 15 is 0 Å². The van der Waals surface area contributed by atoms with Crippen molar-refractivity contribution in [1.29, 1.82) is 0 Å². The van der Waals surface area contributed by atoms with Crippen molar-refractivity contribution in [3.05, 3.63) is 59.9 Å². The molecule has 0 atom stereocenters. The molecule has 2 amide bonds. The number of aromatic nitrogens is 2. The van der Waals surface area contributed by atoms with Crippen LogP contribution in [0.5, 0.6) is 0 Å². The molecule has 0 bridgehead atoms. The van der Waals surface area contributed by atoms with E-state index in [0.29, 0.717) is 5.82 Å². The van der Waals surface area contributed by atoms with E-state index in [1.165, 1.54) is 17.9 Å². The highest BCUT2D eigenvalue weighted by Gasteiger charge is 2.13. The first kappa shape index (κ1) is 20.8. The molecule has 0 aliphatic rings. The SMILES string of the molecule is CCc1ccc(-c2noc(COC(=O)CNC(=O)CNC(=O)c3ccco3)n2)cc1. The highest BCUT2D eigenvalue weighted by Crippen LogP contribution is 2.17. The fraction of sp³-hybridized carbons (Fsp3) is 0.250. The van der Waals surface area contributed by atoms with Crippen LogP contribution in [0.1, 0.15) is 28.9 Å². The lowest BCUT2D eigenvalue weighted by Gasteiger charge is -2.05. The molecule has 0 radical (unpaired) electrons. The minimum absolute atomic E-state index is 0.0856. The van der Waals surface area contributed by atoms with E-state index < -0.39 is 17.8 Å². The highest BCUT2D eigenvalue weighted by atomic mass is 16.6. The van der Waals surface area contributed by atoms with Crippen molar-refractivity contribution in [2.75, 3.05) is 13.1 Å². The molecule has 0 spiro atoms. The maximum Gasteiger partial charge on any atom is 0.325 e. The molecule has 0 saturated carbocycles. The van der Waals surface area contributed by atoms with Crippen LogP contribution in [0.3, 0.4) is 0 Å². The monoisotopic (exact) mass is 412 g/mol. The first-order chi connectivity index (χ1) is 14.5. The number of hydrogen-bond donors (Lipinski definition) is 2. The van der Waals surface area contributed by atoms with E-state index in [2.05, 4.69) is 27.7 Å². The topological polar surface area (TPSA) is 137 Å². The number of benzene rings is 1. The Bertz CT molecular complexity index is 995. The second-order valence-electron chi connectivity index (χ2n) is 6.16. The zero-order chi connectivity index (χ0) is 21.3. The lowest BCUT2D eigenvalue weighted by molar-refractivity contribution is -0.145. The van der Waals surface area contributed by atoms with E-state index in [-0.39, 0.29) is 31.3 Å². The predicted octanol–water partition coefficient (Wildman–Crippen LogP) is 1.48. The summed E-state index contributed by atoms with van der Waals surface area (Å²) in [7, 11) is 0. The van der Waals surface area contributed by atoms with Gasteiger partial charge >= 0.3 is 5.97 Å². The third kappa shape index (κ3) is 5.77. The van der Waals surface area contributed by atoms with E-state index in [4.69, 9.17) is 13.7 Å². The first-order valence-corrected chi connectivity index (χ1v) is 9.21. The fourth-order valence-corrected chi connectivity index (χ4v) is 2.40. The molecule has 0 unspecified atom stereocenters. The van der Waals surface area contributed by atoms with Crippen molar-refractivity contribution < 1.29 is 28.1 Å². The summed E-state index contributed by atoms with van der Waals surface area (Å²) in [6, 6.07) is 10.8. The van der Waals surface area contributed by atoms with Crippen molar-refractivity contribution in [3.63, 3.8) is 0 Å². The Morgan fingerprint density at radius 2 is 1.87 bits per heavy atom. The van der Waals surface area contributed by atoms with E-state index in [9.17, 15) is 14.4 Å². The summed E-state index contributed by atoms with van der Waals surface area (Å²) in [6.45, 7) is 1.17. The van der Waals surface area contributed by atoms with Gasteiger partial charge in [0.1, 0.15) is 6.54 Å². The van der Waals surface area contributed by atoms with Crippen LogP contribution in [-0.2, 0) is 27.4 Å².